The highest BCUT2D eigenvalue weighted by molar-refractivity contribution is 7.15. The van der Waals surface area contributed by atoms with Crippen LogP contribution >= 0.6 is 11.3 Å². The number of rotatable bonds is 12. The smallest absolute Gasteiger partial charge is 0.406 e. The second-order valence-corrected chi connectivity index (χ2v) is 9.58. The second-order valence-electron chi connectivity index (χ2n) is 8.52. The Hall–Kier alpha value is -4.39. The number of benzene rings is 1. The van der Waals surface area contributed by atoms with Crippen LogP contribution in [0.2, 0.25) is 0 Å². The number of ether oxygens (including phenoxy) is 1. The first-order valence-electron chi connectivity index (χ1n) is 13.0. The van der Waals surface area contributed by atoms with Crippen LogP contribution in [0.25, 0.3) is 0 Å². The highest BCUT2D eigenvalue weighted by atomic mass is 32.1. The van der Waals surface area contributed by atoms with Gasteiger partial charge >= 0.3 is 6.36 Å². The van der Waals surface area contributed by atoms with Gasteiger partial charge in [0.25, 0.3) is 0 Å². The van der Waals surface area contributed by atoms with Gasteiger partial charge in [-0.2, -0.15) is 0 Å². The normalized spacial score (nSPS) is 10.3. The van der Waals surface area contributed by atoms with Crippen molar-refractivity contribution < 1.29 is 27.5 Å². The van der Waals surface area contributed by atoms with Crippen molar-refractivity contribution in [1.29, 1.82) is 0 Å². The molecule has 0 amide bonds. The molecule has 0 bridgehead atoms. The Morgan fingerprint density at radius 1 is 0.857 bits per heavy atom. The predicted molar refractivity (Wildman–Crippen MR) is 157 cm³/mol. The Morgan fingerprint density at radius 3 is 2.24 bits per heavy atom. The van der Waals surface area contributed by atoms with Crippen LogP contribution in [-0.2, 0) is 35.3 Å². The van der Waals surface area contributed by atoms with Crippen LogP contribution in [0.15, 0.2) is 67.0 Å². The van der Waals surface area contributed by atoms with E-state index in [1.807, 2.05) is 44.6 Å². The quantitative estimate of drug-likeness (QED) is 0.155. The number of carbonyl (C=O) groups excluding carboxylic acids is 2. The molecule has 0 spiro atoms. The summed E-state index contributed by atoms with van der Waals surface area (Å²) in [7, 11) is 3.75. The van der Waals surface area contributed by atoms with Gasteiger partial charge in [-0.05, 0) is 60.7 Å². The Kier molecular flexibility index (Phi) is 15.2. The molecule has 0 unspecified atom stereocenters. The van der Waals surface area contributed by atoms with E-state index in [0.717, 1.165) is 53.6 Å². The van der Waals surface area contributed by atoms with Gasteiger partial charge in [0, 0.05) is 51.4 Å². The largest absolute Gasteiger partial charge is 0.573 e. The highest BCUT2D eigenvalue weighted by Crippen LogP contribution is 2.23. The number of pyridine rings is 2. The summed E-state index contributed by atoms with van der Waals surface area (Å²) in [5.41, 5.74) is 2.60. The molecule has 224 valence electrons. The summed E-state index contributed by atoms with van der Waals surface area (Å²) in [4.78, 5) is 28.3. The Bertz CT molecular complexity index is 1320. The number of alkyl halides is 3. The third-order valence-corrected chi connectivity index (χ3v) is 6.34. The molecule has 13 heteroatoms. The number of aldehydes is 2. The number of nitrogens with one attached hydrogen (secondary N) is 2. The van der Waals surface area contributed by atoms with Crippen LogP contribution in [0.3, 0.4) is 0 Å². The molecule has 0 saturated carbocycles. The number of hydrogen-bond donors (Lipinski definition) is 2. The molecule has 0 saturated heterocycles. The van der Waals surface area contributed by atoms with Crippen LogP contribution < -0.4 is 15.4 Å². The first-order valence-corrected chi connectivity index (χ1v) is 13.8. The minimum atomic E-state index is -4.69. The van der Waals surface area contributed by atoms with Crippen molar-refractivity contribution in [3.05, 3.63) is 88.8 Å². The molecule has 2 N–H and O–H groups in total. The molecule has 0 aliphatic rings. The molecule has 3 heterocycles. The topological polar surface area (TPSA) is 119 Å². The predicted octanol–water partition coefficient (Wildman–Crippen LogP) is 5.73. The van der Waals surface area contributed by atoms with Crippen molar-refractivity contribution >= 4 is 34.9 Å². The molecule has 4 rings (SSSR count). The van der Waals surface area contributed by atoms with Gasteiger partial charge in [0.1, 0.15) is 29.1 Å². The lowest BCUT2D eigenvalue weighted by Gasteiger charge is -2.08. The number of aromatic nitrogens is 4. The van der Waals surface area contributed by atoms with Crippen molar-refractivity contribution in [2.24, 2.45) is 0 Å². The summed E-state index contributed by atoms with van der Waals surface area (Å²) >= 11 is 1.63. The fourth-order valence-corrected chi connectivity index (χ4v) is 4.09. The lowest BCUT2D eigenvalue weighted by atomic mass is 10.1. The molecular formula is C29H33F3N6O3S. The molecule has 0 aliphatic carbocycles. The number of aryl methyl sites for hydroxylation is 2. The standard InChI is InChI=1S/C13H19N5S.C9H7F3O2.C7H7NO/c1-14-11-8-7-10(9-16-11)5-3-4-6-12-17-18-13(15-2)19-12;10-9(11,12)14-8-3-1-2-7(6-8)4-5-13;9-6-4-7-3-1-2-5-8-7/h7-9H,3-6H2,1-2H3,(H,14,16)(H,15,18);1-3,5-6H,4H2;1-3,5-6H,4H2. The Morgan fingerprint density at radius 2 is 1.64 bits per heavy atom. The Labute approximate surface area is 246 Å². The number of nitrogens with zero attached hydrogens (tertiary/aromatic N) is 4. The lowest BCUT2D eigenvalue weighted by Crippen LogP contribution is -2.17. The van der Waals surface area contributed by atoms with Gasteiger partial charge in [0.05, 0.1) is 0 Å². The zero-order chi connectivity index (χ0) is 30.6. The van der Waals surface area contributed by atoms with Gasteiger partial charge in [-0.3, -0.25) is 4.98 Å². The van der Waals surface area contributed by atoms with Crippen LogP contribution in [0.4, 0.5) is 24.1 Å². The maximum atomic E-state index is 11.8. The molecule has 42 heavy (non-hydrogen) atoms. The van der Waals surface area contributed by atoms with E-state index in [1.165, 1.54) is 23.8 Å². The Balaban J connectivity index is 0.000000235. The fourth-order valence-electron chi connectivity index (χ4n) is 3.35. The van der Waals surface area contributed by atoms with Crippen molar-refractivity contribution in [1.82, 2.24) is 20.2 Å². The monoisotopic (exact) mass is 602 g/mol. The zero-order valence-electron chi connectivity index (χ0n) is 23.3. The van der Waals surface area contributed by atoms with Crippen molar-refractivity contribution in [2.45, 2.75) is 44.9 Å². The van der Waals surface area contributed by atoms with Crippen LogP contribution in [0.5, 0.6) is 5.75 Å². The average Bonchev–Trinajstić information content (AvgIpc) is 3.45. The van der Waals surface area contributed by atoms with E-state index in [0.29, 0.717) is 18.3 Å². The van der Waals surface area contributed by atoms with Gasteiger partial charge < -0.3 is 25.0 Å². The third-order valence-electron chi connectivity index (χ3n) is 5.34. The van der Waals surface area contributed by atoms with E-state index in [1.54, 1.807) is 23.6 Å². The van der Waals surface area contributed by atoms with Gasteiger partial charge in [-0.25, -0.2) is 4.98 Å². The maximum Gasteiger partial charge on any atom is 0.573 e. The number of anilines is 2. The average molecular weight is 603 g/mol. The molecule has 3 aromatic heterocycles. The van der Waals surface area contributed by atoms with Crippen molar-refractivity contribution in [3.63, 3.8) is 0 Å². The van der Waals surface area contributed by atoms with Crippen molar-refractivity contribution in [3.8, 4) is 5.75 Å². The van der Waals surface area contributed by atoms with Crippen LogP contribution in [0, 0.1) is 0 Å². The summed E-state index contributed by atoms with van der Waals surface area (Å²) in [6.07, 6.45) is 5.23. The van der Waals surface area contributed by atoms with Gasteiger partial charge in [0.2, 0.25) is 5.13 Å². The highest BCUT2D eigenvalue weighted by Gasteiger charge is 2.31. The first-order chi connectivity index (χ1) is 20.3. The zero-order valence-corrected chi connectivity index (χ0v) is 24.1. The summed E-state index contributed by atoms with van der Waals surface area (Å²) < 4.78 is 39.0. The van der Waals surface area contributed by atoms with E-state index in [2.05, 4.69) is 41.6 Å². The summed E-state index contributed by atoms with van der Waals surface area (Å²) in [5.74, 6) is 0.606. The molecule has 0 aliphatic heterocycles. The minimum Gasteiger partial charge on any atom is -0.406 e. The van der Waals surface area contributed by atoms with E-state index >= 15 is 0 Å². The van der Waals surface area contributed by atoms with E-state index in [9.17, 15) is 22.8 Å². The molecule has 1 aromatic carbocycles. The molecule has 0 radical (unpaired) electrons. The molecule has 4 aromatic rings. The summed E-state index contributed by atoms with van der Waals surface area (Å²) in [5, 5.41) is 16.2. The number of unbranched alkanes of at least 4 members (excludes halogenated alkanes) is 1. The molecular weight excluding hydrogens is 569 g/mol. The second kappa shape index (κ2) is 18.9. The van der Waals surface area contributed by atoms with E-state index in [4.69, 9.17) is 0 Å². The van der Waals surface area contributed by atoms with Crippen LogP contribution in [0.1, 0.15) is 34.7 Å². The maximum absolute atomic E-state index is 11.8. The minimum absolute atomic E-state index is 0.0784. The number of hydrogen-bond acceptors (Lipinski definition) is 10. The summed E-state index contributed by atoms with van der Waals surface area (Å²) in [6, 6.07) is 15.0. The van der Waals surface area contributed by atoms with Crippen molar-refractivity contribution in [2.75, 3.05) is 24.7 Å². The first kappa shape index (κ1) is 33.8. The van der Waals surface area contributed by atoms with Crippen LogP contribution in [-0.4, -0.2) is 53.2 Å². The van der Waals surface area contributed by atoms with E-state index in [-0.39, 0.29) is 12.2 Å². The van der Waals surface area contributed by atoms with Gasteiger partial charge in [0.15, 0.2) is 0 Å². The number of carbonyl (C=O) groups is 2. The van der Waals surface area contributed by atoms with E-state index < -0.39 is 6.36 Å². The summed E-state index contributed by atoms with van der Waals surface area (Å²) in [6.45, 7) is 0. The van der Waals surface area contributed by atoms with Gasteiger partial charge in [-0.15, -0.1) is 23.4 Å². The molecule has 0 fully saturated rings. The SMILES string of the molecule is CNc1ccc(CCCCc2nnc(NC)s2)cn1.O=CCc1cccc(OC(F)(F)F)c1.O=CCc1ccccn1. The molecule has 9 nitrogen and oxygen atoms in total. The lowest BCUT2D eigenvalue weighted by molar-refractivity contribution is -0.274. The molecule has 0 atom stereocenters. The fraction of sp³-hybridized carbons (Fsp3) is 0.310. The third kappa shape index (κ3) is 14.3. The van der Waals surface area contributed by atoms with Gasteiger partial charge in [-0.1, -0.05) is 35.6 Å². The number of halogens is 3.